The highest BCUT2D eigenvalue weighted by atomic mass is 16.5. The topological polar surface area (TPSA) is 59.3 Å². The van der Waals surface area contributed by atoms with Crippen LogP contribution in [0.1, 0.15) is 16.7 Å². The predicted octanol–water partition coefficient (Wildman–Crippen LogP) is 4.91. The molecule has 0 aromatic heterocycles. The quantitative estimate of drug-likeness (QED) is 0.268. The van der Waals surface area contributed by atoms with E-state index < -0.39 is 0 Å². The fourth-order valence-corrected chi connectivity index (χ4v) is 2.77. The third kappa shape index (κ3) is 4.87. The number of hydrogen-bond acceptors (Lipinski definition) is 4. The van der Waals surface area contributed by atoms with Gasteiger partial charge in [-0.3, -0.25) is 4.79 Å². The van der Waals surface area contributed by atoms with Crippen LogP contribution in [0.3, 0.4) is 0 Å². The summed E-state index contributed by atoms with van der Waals surface area (Å²) in [5.41, 5.74) is 2.95. The van der Waals surface area contributed by atoms with E-state index in [1.54, 1.807) is 37.5 Å². The number of esters is 1. The molecule has 0 aliphatic rings. The van der Waals surface area contributed by atoms with E-state index in [4.69, 9.17) is 9.47 Å². The molecule has 0 atom stereocenters. The molecule has 4 nitrogen and oxygen atoms in total. The molecule has 28 heavy (non-hydrogen) atoms. The monoisotopic (exact) mass is 369 g/mol. The Morgan fingerprint density at radius 2 is 1.64 bits per heavy atom. The number of carbonyl (C=O) groups excluding carboxylic acids is 1. The molecule has 138 valence electrons. The lowest BCUT2D eigenvalue weighted by atomic mass is 10.0. The number of carbonyl (C=O) groups is 1. The zero-order valence-electron chi connectivity index (χ0n) is 15.5. The minimum absolute atomic E-state index is 0.217. The zero-order chi connectivity index (χ0) is 19.8. The van der Waals surface area contributed by atoms with Gasteiger partial charge in [-0.25, -0.2) is 0 Å². The summed E-state index contributed by atoms with van der Waals surface area (Å²) in [7, 11) is 1.58. The Balaban J connectivity index is 1.72. The molecular formula is C24H19NO3. The summed E-state index contributed by atoms with van der Waals surface area (Å²) >= 11 is 0. The molecule has 0 unspecified atom stereocenters. The van der Waals surface area contributed by atoms with Gasteiger partial charge in [0.25, 0.3) is 0 Å². The fraction of sp³-hybridized carbons (Fsp3) is 0.0833. The first-order chi connectivity index (χ1) is 13.7. The molecule has 0 fully saturated rings. The molecule has 0 heterocycles. The van der Waals surface area contributed by atoms with Crippen LogP contribution in [0.4, 0.5) is 0 Å². The molecule has 3 rings (SSSR count). The van der Waals surface area contributed by atoms with E-state index in [1.165, 1.54) is 0 Å². The number of hydrogen-bond donors (Lipinski definition) is 0. The number of nitrogens with zero attached hydrogens (tertiary/aromatic N) is 1. The number of allylic oxidation sites excluding steroid dienone is 1. The van der Waals surface area contributed by atoms with Crippen LogP contribution in [0.25, 0.3) is 11.6 Å². The first-order valence-electron chi connectivity index (χ1n) is 8.79. The Morgan fingerprint density at radius 1 is 0.964 bits per heavy atom. The van der Waals surface area contributed by atoms with E-state index in [9.17, 15) is 10.1 Å². The second-order valence-corrected chi connectivity index (χ2v) is 6.08. The third-order valence-electron chi connectivity index (χ3n) is 4.13. The van der Waals surface area contributed by atoms with Gasteiger partial charge in [-0.2, -0.15) is 5.26 Å². The van der Waals surface area contributed by atoms with Crippen molar-refractivity contribution in [3.8, 4) is 17.6 Å². The fourth-order valence-electron chi connectivity index (χ4n) is 2.77. The lowest BCUT2D eigenvalue weighted by Gasteiger charge is -2.07. The maximum atomic E-state index is 12.1. The lowest BCUT2D eigenvalue weighted by Crippen LogP contribution is -2.11. The van der Waals surface area contributed by atoms with Crippen molar-refractivity contribution < 1.29 is 14.3 Å². The predicted molar refractivity (Wildman–Crippen MR) is 109 cm³/mol. The Kier molecular flexibility index (Phi) is 6.22. The zero-order valence-corrected chi connectivity index (χ0v) is 15.5. The normalized spacial score (nSPS) is 10.8. The minimum atomic E-state index is -0.318. The largest absolute Gasteiger partial charge is 0.496 e. The third-order valence-corrected chi connectivity index (χ3v) is 4.13. The average Bonchev–Trinajstić information content (AvgIpc) is 2.74. The van der Waals surface area contributed by atoms with Crippen LogP contribution in [0.15, 0.2) is 78.9 Å². The van der Waals surface area contributed by atoms with E-state index in [0.717, 1.165) is 16.7 Å². The number of methoxy groups -OCH3 is 1. The summed E-state index contributed by atoms with van der Waals surface area (Å²) in [5, 5.41) is 9.53. The van der Waals surface area contributed by atoms with Gasteiger partial charge in [-0.05, 0) is 41.5 Å². The van der Waals surface area contributed by atoms with Crippen LogP contribution in [0, 0.1) is 11.3 Å². The van der Waals surface area contributed by atoms with Crippen molar-refractivity contribution in [3.05, 3.63) is 95.6 Å². The first kappa shape index (κ1) is 18.9. The van der Waals surface area contributed by atoms with Crippen LogP contribution in [-0.2, 0) is 11.2 Å². The van der Waals surface area contributed by atoms with Gasteiger partial charge in [0, 0.05) is 5.56 Å². The highest BCUT2D eigenvalue weighted by molar-refractivity contribution is 5.91. The van der Waals surface area contributed by atoms with Gasteiger partial charge in [0.1, 0.15) is 11.5 Å². The smallest absolute Gasteiger partial charge is 0.315 e. The molecule has 0 saturated carbocycles. The lowest BCUT2D eigenvalue weighted by molar-refractivity contribution is -0.133. The molecule has 4 heteroatoms. The van der Waals surface area contributed by atoms with Gasteiger partial charge in [-0.1, -0.05) is 54.6 Å². The Bertz CT molecular complexity index is 1020. The number of nitriles is 1. The summed E-state index contributed by atoms with van der Waals surface area (Å²) in [6.45, 7) is 0. The molecular weight excluding hydrogens is 350 g/mol. The van der Waals surface area contributed by atoms with E-state index in [2.05, 4.69) is 6.07 Å². The van der Waals surface area contributed by atoms with Crippen LogP contribution < -0.4 is 9.47 Å². The maximum absolute atomic E-state index is 12.1. The first-order valence-corrected chi connectivity index (χ1v) is 8.79. The maximum Gasteiger partial charge on any atom is 0.315 e. The summed E-state index contributed by atoms with van der Waals surface area (Å²) < 4.78 is 10.7. The highest BCUT2D eigenvalue weighted by Gasteiger charge is 2.09. The number of para-hydroxylation sites is 1. The molecule has 0 aliphatic heterocycles. The van der Waals surface area contributed by atoms with Crippen molar-refractivity contribution in [2.24, 2.45) is 0 Å². The van der Waals surface area contributed by atoms with Crippen LogP contribution in [0.5, 0.6) is 11.5 Å². The second kappa shape index (κ2) is 9.20. The Labute approximate surface area is 164 Å². The van der Waals surface area contributed by atoms with Gasteiger partial charge in [0.2, 0.25) is 0 Å². The summed E-state index contributed by atoms with van der Waals surface area (Å²) in [5.74, 6) is 0.789. The second-order valence-electron chi connectivity index (χ2n) is 6.08. The van der Waals surface area contributed by atoms with Gasteiger partial charge >= 0.3 is 5.97 Å². The van der Waals surface area contributed by atoms with Crippen molar-refractivity contribution in [3.63, 3.8) is 0 Å². The molecule has 3 aromatic rings. The Morgan fingerprint density at radius 3 is 2.32 bits per heavy atom. The number of benzene rings is 3. The molecule has 0 N–H and O–H groups in total. The number of rotatable bonds is 6. The van der Waals surface area contributed by atoms with Gasteiger partial charge < -0.3 is 9.47 Å². The van der Waals surface area contributed by atoms with Crippen LogP contribution in [0.2, 0.25) is 0 Å². The van der Waals surface area contributed by atoms with Crippen LogP contribution in [-0.4, -0.2) is 13.1 Å². The average molecular weight is 369 g/mol. The standard InChI is InChI=1S/C24H19NO3/c1-27-23-10-6-5-9-22(23)20(17-25)15-19-11-13-21(14-12-19)28-24(26)16-18-7-3-2-4-8-18/h2-15H,16H2,1H3/b20-15-. The number of ether oxygens (including phenoxy) is 2. The van der Waals surface area contributed by atoms with Crippen molar-refractivity contribution in [1.29, 1.82) is 5.26 Å². The molecule has 0 aliphatic carbocycles. The van der Waals surface area contributed by atoms with Crippen molar-refractivity contribution >= 4 is 17.6 Å². The van der Waals surface area contributed by atoms with Gasteiger partial charge in [-0.15, -0.1) is 0 Å². The van der Waals surface area contributed by atoms with Gasteiger partial charge in [0.15, 0.2) is 0 Å². The molecule has 0 bridgehead atoms. The summed E-state index contributed by atoms with van der Waals surface area (Å²) in [4.78, 5) is 12.1. The van der Waals surface area contributed by atoms with Crippen LogP contribution >= 0.6 is 0 Å². The molecule has 0 saturated heterocycles. The van der Waals surface area contributed by atoms with E-state index in [0.29, 0.717) is 17.1 Å². The van der Waals surface area contributed by atoms with Crippen molar-refractivity contribution in [2.75, 3.05) is 7.11 Å². The minimum Gasteiger partial charge on any atom is -0.496 e. The summed E-state index contributed by atoms with van der Waals surface area (Å²) in [6.07, 6.45) is 1.99. The molecule has 0 amide bonds. The Hall–Kier alpha value is -3.84. The van der Waals surface area contributed by atoms with E-state index >= 15 is 0 Å². The van der Waals surface area contributed by atoms with E-state index in [1.807, 2.05) is 54.6 Å². The molecule has 3 aromatic carbocycles. The highest BCUT2D eigenvalue weighted by Crippen LogP contribution is 2.27. The van der Waals surface area contributed by atoms with Crippen molar-refractivity contribution in [1.82, 2.24) is 0 Å². The van der Waals surface area contributed by atoms with E-state index in [-0.39, 0.29) is 12.4 Å². The van der Waals surface area contributed by atoms with Crippen molar-refractivity contribution in [2.45, 2.75) is 6.42 Å². The molecule has 0 radical (unpaired) electrons. The SMILES string of the molecule is COc1ccccc1/C(C#N)=C\c1ccc(OC(=O)Cc2ccccc2)cc1. The summed E-state index contributed by atoms with van der Waals surface area (Å²) in [6, 6.07) is 26.1. The molecule has 0 spiro atoms. The van der Waals surface area contributed by atoms with Gasteiger partial charge in [0.05, 0.1) is 25.2 Å².